The molecule has 1 fully saturated rings. The lowest BCUT2D eigenvalue weighted by Gasteiger charge is -2.19. The molecule has 0 bridgehead atoms. The van der Waals surface area contributed by atoms with E-state index in [4.69, 9.17) is 16.3 Å². The predicted molar refractivity (Wildman–Crippen MR) is 97.3 cm³/mol. The zero-order valence-electron chi connectivity index (χ0n) is 13.8. The molecule has 24 heavy (non-hydrogen) atoms. The van der Waals surface area contributed by atoms with E-state index >= 15 is 0 Å². The second-order valence-corrected chi connectivity index (χ2v) is 5.80. The summed E-state index contributed by atoms with van der Waals surface area (Å²) in [5, 5.41) is 6.51. The van der Waals surface area contributed by atoms with Crippen LogP contribution in [0.1, 0.15) is 13.3 Å². The highest BCUT2D eigenvalue weighted by molar-refractivity contribution is 6.31. The number of nitrogens with one attached hydrogen (secondary N) is 2. The number of likely N-dealkylation sites (N-methyl/N-ethyl adjacent to an activating group) is 1. The number of methoxy groups -OCH3 is 1. The van der Waals surface area contributed by atoms with Crippen molar-refractivity contribution in [2.24, 2.45) is 5.92 Å². The summed E-state index contributed by atoms with van der Waals surface area (Å²) in [5.74, 6) is 0.0147. The molecule has 6 nitrogen and oxygen atoms in total. The Labute approximate surface area is 153 Å². The van der Waals surface area contributed by atoms with Crippen molar-refractivity contribution in [1.82, 2.24) is 10.6 Å². The van der Waals surface area contributed by atoms with Gasteiger partial charge in [-0.15, -0.1) is 12.4 Å². The van der Waals surface area contributed by atoms with Crippen LogP contribution in [0.4, 0.5) is 5.69 Å². The first-order valence-corrected chi connectivity index (χ1v) is 8.07. The van der Waals surface area contributed by atoms with Crippen LogP contribution in [-0.4, -0.2) is 45.1 Å². The molecule has 8 heteroatoms. The van der Waals surface area contributed by atoms with Crippen molar-refractivity contribution in [3.63, 3.8) is 0 Å². The van der Waals surface area contributed by atoms with E-state index < -0.39 is 0 Å². The highest BCUT2D eigenvalue weighted by atomic mass is 35.5. The van der Waals surface area contributed by atoms with Crippen molar-refractivity contribution < 1.29 is 14.3 Å². The number of amides is 2. The van der Waals surface area contributed by atoms with E-state index in [9.17, 15) is 9.59 Å². The number of halogens is 2. The quantitative estimate of drug-likeness (QED) is 0.713. The van der Waals surface area contributed by atoms with E-state index in [0.717, 1.165) is 13.1 Å². The molecule has 2 amide bonds. The first-order valence-electron chi connectivity index (χ1n) is 7.69. The average molecular weight is 376 g/mol. The largest absolute Gasteiger partial charge is 0.495 e. The van der Waals surface area contributed by atoms with Crippen molar-refractivity contribution in [3.05, 3.63) is 23.2 Å². The van der Waals surface area contributed by atoms with Crippen LogP contribution in [0.25, 0.3) is 0 Å². The van der Waals surface area contributed by atoms with E-state index in [-0.39, 0.29) is 36.6 Å². The van der Waals surface area contributed by atoms with Gasteiger partial charge in [0.15, 0.2) is 0 Å². The minimum absolute atomic E-state index is 0. The number of rotatable bonds is 7. The third kappa shape index (κ3) is 5.00. The summed E-state index contributed by atoms with van der Waals surface area (Å²) in [6.45, 7) is 4.48. The highest BCUT2D eigenvalue weighted by Crippen LogP contribution is 2.35. The fourth-order valence-corrected chi connectivity index (χ4v) is 2.75. The van der Waals surface area contributed by atoms with Gasteiger partial charge in [0.25, 0.3) is 0 Å². The number of hydrogen-bond donors (Lipinski definition) is 2. The van der Waals surface area contributed by atoms with Crippen LogP contribution in [-0.2, 0) is 9.59 Å². The van der Waals surface area contributed by atoms with E-state index in [1.807, 2.05) is 6.92 Å². The first kappa shape index (κ1) is 20.5. The molecule has 1 aromatic carbocycles. The van der Waals surface area contributed by atoms with Gasteiger partial charge in [-0.2, -0.15) is 0 Å². The number of anilines is 1. The van der Waals surface area contributed by atoms with Crippen LogP contribution >= 0.6 is 24.0 Å². The Balaban J connectivity index is 0.00000288. The fraction of sp³-hybridized carbons (Fsp3) is 0.500. The Morgan fingerprint density at radius 1 is 1.42 bits per heavy atom. The lowest BCUT2D eigenvalue weighted by molar-refractivity contribution is -0.126. The van der Waals surface area contributed by atoms with Gasteiger partial charge in [0.1, 0.15) is 5.75 Å². The smallest absolute Gasteiger partial charge is 0.227 e. The van der Waals surface area contributed by atoms with Gasteiger partial charge in [-0.05, 0) is 24.7 Å². The second-order valence-electron chi connectivity index (χ2n) is 5.37. The summed E-state index contributed by atoms with van der Waals surface area (Å²) in [6, 6.07) is 5.11. The lowest BCUT2D eigenvalue weighted by Crippen LogP contribution is -2.37. The molecule has 1 aromatic rings. The van der Waals surface area contributed by atoms with Crippen molar-refractivity contribution >= 4 is 41.5 Å². The van der Waals surface area contributed by atoms with Crippen molar-refractivity contribution in [2.75, 3.05) is 38.2 Å². The summed E-state index contributed by atoms with van der Waals surface area (Å²) < 4.78 is 5.29. The molecule has 2 rings (SSSR count). The second kappa shape index (κ2) is 9.71. The van der Waals surface area contributed by atoms with Gasteiger partial charge < -0.3 is 20.3 Å². The number of hydrogen-bond acceptors (Lipinski definition) is 4. The molecule has 0 saturated carbocycles. The molecule has 1 saturated heterocycles. The van der Waals surface area contributed by atoms with Gasteiger partial charge in [-0.1, -0.05) is 18.5 Å². The number of nitrogens with zero attached hydrogens (tertiary/aromatic N) is 1. The maximum Gasteiger partial charge on any atom is 0.227 e. The molecule has 2 N–H and O–H groups in total. The molecule has 0 aliphatic carbocycles. The topological polar surface area (TPSA) is 70.7 Å². The minimum Gasteiger partial charge on any atom is -0.495 e. The average Bonchev–Trinajstić information content (AvgIpc) is 2.93. The van der Waals surface area contributed by atoms with Gasteiger partial charge in [-0.3, -0.25) is 9.59 Å². The third-order valence-electron chi connectivity index (χ3n) is 3.78. The Kier molecular flexibility index (Phi) is 8.31. The summed E-state index contributed by atoms with van der Waals surface area (Å²) in [6.07, 6.45) is 0.197. The molecule has 0 radical (unpaired) electrons. The SMILES string of the molecule is CCNCCNC(=O)C1CC(=O)N(c2cc(Cl)ccc2OC)C1.Cl. The van der Waals surface area contributed by atoms with Crippen LogP contribution in [0.3, 0.4) is 0 Å². The Morgan fingerprint density at radius 3 is 2.83 bits per heavy atom. The van der Waals surface area contributed by atoms with Crippen LogP contribution in [0.5, 0.6) is 5.75 Å². The number of carbonyl (C=O) groups excluding carboxylic acids is 2. The molecular weight excluding hydrogens is 353 g/mol. The van der Waals surface area contributed by atoms with Gasteiger partial charge in [-0.25, -0.2) is 0 Å². The van der Waals surface area contributed by atoms with Crippen molar-refractivity contribution in [2.45, 2.75) is 13.3 Å². The van der Waals surface area contributed by atoms with Crippen molar-refractivity contribution in [1.29, 1.82) is 0 Å². The molecular formula is C16H23Cl2N3O3. The Bertz CT molecular complexity index is 584. The zero-order chi connectivity index (χ0) is 16.8. The molecule has 1 unspecified atom stereocenters. The normalized spacial score (nSPS) is 16.7. The summed E-state index contributed by atoms with van der Waals surface area (Å²) in [7, 11) is 1.54. The predicted octanol–water partition coefficient (Wildman–Crippen LogP) is 1.85. The molecule has 134 valence electrons. The number of carbonyl (C=O) groups is 2. The van der Waals surface area contributed by atoms with Gasteiger partial charge in [0.2, 0.25) is 11.8 Å². The van der Waals surface area contributed by atoms with Gasteiger partial charge in [0.05, 0.1) is 18.7 Å². The van der Waals surface area contributed by atoms with Crippen LogP contribution in [0, 0.1) is 5.92 Å². The number of ether oxygens (including phenoxy) is 1. The van der Waals surface area contributed by atoms with Crippen LogP contribution in [0.2, 0.25) is 5.02 Å². The molecule has 1 aliphatic rings. The molecule has 1 heterocycles. The summed E-state index contributed by atoms with van der Waals surface area (Å²) in [5.41, 5.74) is 0.605. The first-order chi connectivity index (χ1) is 11.1. The molecule has 1 atom stereocenters. The van der Waals surface area contributed by atoms with Gasteiger partial charge in [0, 0.05) is 31.1 Å². The van der Waals surface area contributed by atoms with E-state index in [1.54, 1.807) is 23.1 Å². The Hall–Kier alpha value is -1.50. The van der Waals surface area contributed by atoms with E-state index in [2.05, 4.69) is 10.6 Å². The summed E-state index contributed by atoms with van der Waals surface area (Å²) >= 11 is 6.02. The standard InChI is InChI=1S/C16H22ClN3O3.ClH/c1-3-18-6-7-19-16(22)11-8-15(21)20(10-11)13-9-12(17)4-5-14(13)23-2;/h4-5,9,11,18H,3,6-8,10H2,1-2H3,(H,19,22);1H. The van der Waals surface area contributed by atoms with Crippen molar-refractivity contribution in [3.8, 4) is 5.75 Å². The molecule has 1 aliphatic heterocycles. The minimum atomic E-state index is -0.354. The Morgan fingerprint density at radius 2 is 2.17 bits per heavy atom. The van der Waals surface area contributed by atoms with E-state index in [0.29, 0.717) is 29.5 Å². The molecule has 0 aromatic heterocycles. The van der Waals surface area contributed by atoms with Gasteiger partial charge >= 0.3 is 0 Å². The molecule has 0 spiro atoms. The van der Waals surface area contributed by atoms with Crippen LogP contribution in [0.15, 0.2) is 18.2 Å². The van der Waals surface area contributed by atoms with Crippen LogP contribution < -0.4 is 20.3 Å². The maximum absolute atomic E-state index is 12.3. The zero-order valence-corrected chi connectivity index (χ0v) is 15.4. The lowest BCUT2D eigenvalue weighted by atomic mass is 10.1. The monoisotopic (exact) mass is 375 g/mol. The summed E-state index contributed by atoms with van der Waals surface area (Å²) in [4.78, 5) is 26.0. The maximum atomic E-state index is 12.3. The fourth-order valence-electron chi connectivity index (χ4n) is 2.59. The third-order valence-corrected chi connectivity index (χ3v) is 4.01. The number of benzene rings is 1. The van der Waals surface area contributed by atoms with E-state index in [1.165, 1.54) is 7.11 Å². The highest BCUT2D eigenvalue weighted by Gasteiger charge is 2.36.